The van der Waals surface area contributed by atoms with Crippen LogP contribution in [0.2, 0.25) is 0 Å². The number of benzene rings is 2. The minimum absolute atomic E-state index is 0.00799. The van der Waals surface area contributed by atoms with E-state index in [0.29, 0.717) is 10.9 Å². The number of fused-ring (bicyclic) bond motifs is 4. The summed E-state index contributed by atoms with van der Waals surface area (Å²) in [6, 6.07) is 10.6. The SMILES string of the molecule is O=C1c2ccccc2C(=O)c2c1oc1cc(ONS(=O)(=O)O)ccc21. The summed E-state index contributed by atoms with van der Waals surface area (Å²) in [5.74, 6) is -0.791. The molecule has 0 radical (unpaired) electrons. The van der Waals surface area contributed by atoms with Gasteiger partial charge in [-0.2, -0.15) is 8.42 Å². The summed E-state index contributed by atoms with van der Waals surface area (Å²) in [5.41, 5.74) is 0.904. The zero-order valence-electron chi connectivity index (χ0n) is 12.3. The average Bonchev–Trinajstić information content (AvgIpc) is 2.96. The Morgan fingerprint density at radius 1 is 1.00 bits per heavy atom. The summed E-state index contributed by atoms with van der Waals surface area (Å²) >= 11 is 0. The van der Waals surface area contributed by atoms with Crippen molar-refractivity contribution < 1.29 is 31.8 Å². The highest BCUT2D eigenvalue weighted by Gasteiger charge is 2.34. The largest absolute Gasteiger partial charge is 0.452 e. The van der Waals surface area contributed by atoms with E-state index in [4.69, 9.17) is 13.8 Å². The maximum Gasteiger partial charge on any atom is 0.364 e. The van der Waals surface area contributed by atoms with Crippen LogP contribution in [0.1, 0.15) is 32.0 Å². The molecule has 1 heterocycles. The van der Waals surface area contributed by atoms with E-state index >= 15 is 0 Å². The van der Waals surface area contributed by atoms with Gasteiger partial charge in [0.25, 0.3) is 0 Å². The number of rotatable bonds is 3. The summed E-state index contributed by atoms with van der Waals surface area (Å²) in [6.07, 6.45) is 0. The van der Waals surface area contributed by atoms with Crippen molar-refractivity contribution in [3.05, 3.63) is 64.9 Å². The van der Waals surface area contributed by atoms with Crippen molar-refractivity contribution in [2.24, 2.45) is 0 Å². The summed E-state index contributed by atoms with van der Waals surface area (Å²) in [7, 11) is -4.54. The minimum Gasteiger partial charge on any atom is -0.452 e. The number of hydrogen-bond donors (Lipinski definition) is 2. The highest BCUT2D eigenvalue weighted by molar-refractivity contribution is 7.83. The van der Waals surface area contributed by atoms with Crippen molar-refractivity contribution in [3.63, 3.8) is 0 Å². The number of furan rings is 1. The topological polar surface area (TPSA) is 123 Å². The van der Waals surface area contributed by atoms with Gasteiger partial charge in [-0.3, -0.25) is 14.1 Å². The molecule has 1 aliphatic carbocycles. The lowest BCUT2D eigenvalue weighted by Gasteiger charge is -2.12. The van der Waals surface area contributed by atoms with Crippen molar-refractivity contribution >= 4 is 32.8 Å². The first kappa shape index (κ1) is 15.5. The molecular weight excluding hydrogens is 350 g/mol. The molecule has 0 aliphatic heterocycles. The van der Waals surface area contributed by atoms with E-state index in [9.17, 15) is 18.0 Å². The molecule has 8 nitrogen and oxygen atoms in total. The smallest absolute Gasteiger partial charge is 0.364 e. The normalized spacial score (nSPS) is 13.6. The van der Waals surface area contributed by atoms with Gasteiger partial charge in [-0.1, -0.05) is 24.3 Å². The molecule has 0 bridgehead atoms. The second kappa shape index (κ2) is 5.24. The second-order valence-corrected chi connectivity index (χ2v) is 6.45. The van der Waals surface area contributed by atoms with Crippen LogP contribution in [0.3, 0.4) is 0 Å². The molecule has 0 saturated carbocycles. The maximum atomic E-state index is 12.7. The Kier molecular flexibility index (Phi) is 3.25. The van der Waals surface area contributed by atoms with E-state index in [2.05, 4.69) is 0 Å². The second-order valence-electron chi connectivity index (χ2n) is 5.33. The fourth-order valence-corrected chi connectivity index (χ4v) is 2.96. The Hall–Kier alpha value is -3.01. The van der Waals surface area contributed by atoms with E-state index in [0.717, 1.165) is 0 Å². The van der Waals surface area contributed by atoms with Crippen LogP contribution >= 0.6 is 0 Å². The summed E-state index contributed by atoms with van der Waals surface area (Å²) in [6.45, 7) is 0. The van der Waals surface area contributed by atoms with Gasteiger partial charge in [0.15, 0.2) is 17.3 Å². The van der Waals surface area contributed by atoms with E-state index < -0.39 is 16.1 Å². The third kappa shape index (κ3) is 2.50. The molecule has 0 atom stereocenters. The number of hydrogen-bond acceptors (Lipinski definition) is 6. The van der Waals surface area contributed by atoms with E-state index in [1.807, 2.05) is 0 Å². The monoisotopic (exact) mass is 359 g/mol. The van der Waals surface area contributed by atoms with Crippen molar-refractivity contribution in [2.45, 2.75) is 0 Å². The Morgan fingerprint density at radius 3 is 2.36 bits per heavy atom. The molecule has 0 unspecified atom stereocenters. The lowest BCUT2D eigenvalue weighted by atomic mass is 9.87. The number of nitrogens with one attached hydrogen (secondary N) is 1. The average molecular weight is 359 g/mol. The molecular formula is C16H9NO7S. The lowest BCUT2D eigenvalue weighted by molar-refractivity contribution is 0.0962. The van der Waals surface area contributed by atoms with Gasteiger partial charge in [-0.05, 0) is 17.0 Å². The van der Waals surface area contributed by atoms with Crippen LogP contribution in [0.25, 0.3) is 11.0 Å². The van der Waals surface area contributed by atoms with Gasteiger partial charge in [0, 0.05) is 22.6 Å². The molecule has 2 N–H and O–H groups in total. The molecule has 0 amide bonds. The standard InChI is InChI=1S/C16H9NO7S/c18-14-9-3-1-2-4-10(9)15(19)16-13(14)11-6-5-8(7-12(11)23-16)24-17-25(20,21)22/h1-7,17H,(H,20,21,22). The van der Waals surface area contributed by atoms with Crippen LogP contribution in [0.15, 0.2) is 46.9 Å². The first-order valence-electron chi connectivity index (χ1n) is 7.01. The van der Waals surface area contributed by atoms with Crippen LogP contribution in [-0.2, 0) is 10.3 Å². The van der Waals surface area contributed by atoms with E-state index in [1.165, 1.54) is 23.1 Å². The Bertz CT molecular complexity index is 1160. The number of carbonyl (C=O) groups excluding carboxylic acids is 2. The quantitative estimate of drug-likeness (QED) is 0.423. The molecule has 0 spiro atoms. The molecule has 0 fully saturated rings. The number of ketones is 2. The van der Waals surface area contributed by atoms with Gasteiger partial charge >= 0.3 is 10.3 Å². The fraction of sp³-hybridized carbons (Fsp3) is 0. The van der Waals surface area contributed by atoms with Gasteiger partial charge in [0.2, 0.25) is 5.78 Å². The molecule has 0 saturated heterocycles. The fourth-order valence-electron chi connectivity index (χ4n) is 2.76. The molecule has 3 aromatic rings. The molecule has 126 valence electrons. The van der Waals surface area contributed by atoms with Gasteiger partial charge in [-0.25, -0.2) is 0 Å². The van der Waals surface area contributed by atoms with Gasteiger partial charge < -0.3 is 9.25 Å². The molecule has 25 heavy (non-hydrogen) atoms. The third-order valence-electron chi connectivity index (χ3n) is 3.78. The molecule has 4 rings (SSSR count). The summed E-state index contributed by atoms with van der Waals surface area (Å²) in [4.78, 5) is 31.4. The van der Waals surface area contributed by atoms with Crippen LogP contribution in [0, 0.1) is 0 Å². The molecule has 9 heteroatoms. The van der Waals surface area contributed by atoms with Crippen LogP contribution in [0.5, 0.6) is 5.75 Å². The minimum atomic E-state index is -4.54. The summed E-state index contributed by atoms with van der Waals surface area (Å²) in [5, 5.41) is 0.405. The first-order chi connectivity index (χ1) is 11.8. The Labute approximate surface area is 140 Å². The molecule has 2 aromatic carbocycles. The van der Waals surface area contributed by atoms with Gasteiger partial charge in [0.05, 0.1) is 5.56 Å². The highest BCUT2D eigenvalue weighted by Crippen LogP contribution is 2.36. The predicted octanol–water partition coefficient (Wildman–Crippen LogP) is 1.89. The summed E-state index contributed by atoms with van der Waals surface area (Å²) < 4.78 is 35.4. The Morgan fingerprint density at radius 2 is 1.68 bits per heavy atom. The van der Waals surface area contributed by atoms with Crippen molar-refractivity contribution in [3.8, 4) is 5.75 Å². The highest BCUT2D eigenvalue weighted by atomic mass is 32.2. The van der Waals surface area contributed by atoms with Crippen LogP contribution < -0.4 is 9.72 Å². The lowest BCUT2D eigenvalue weighted by Crippen LogP contribution is -2.25. The van der Waals surface area contributed by atoms with Crippen LogP contribution in [-0.4, -0.2) is 24.5 Å². The van der Waals surface area contributed by atoms with E-state index in [1.54, 1.807) is 24.3 Å². The van der Waals surface area contributed by atoms with E-state index in [-0.39, 0.29) is 34.0 Å². The van der Waals surface area contributed by atoms with Gasteiger partial charge in [0.1, 0.15) is 5.58 Å². The number of carbonyl (C=O) groups is 2. The van der Waals surface area contributed by atoms with Crippen molar-refractivity contribution in [1.29, 1.82) is 0 Å². The Balaban J connectivity index is 1.83. The van der Waals surface area contributed by atoms with Gasteiger partial charge in [-0.15, -0.1) is 0 Å². The molecule has 1 aliphatic rings. The van der Waals surface area contributed by atoms with Crippen molar-refractivity contribution in [2.75, 3.05) is 0 Å². The zero-order valence-corrected chi connectivity index (χ0v) is 13.2. The zero-order chi connectivity index (χ0) is 17.8. The predicted molar refractivity (Wildman–Crippen MR) is 84.8 cm³/mol. The third-order valence-corrected chi connectivity index (χ3v) is 4.07. The molecule has 1 aromatic heterocycles. The first-order valence-corrected chi connectivity index (χ1v) is 8.45. The van der Waals surface area contributed by atoms with Crippen LogP contribution in [0.4, 0.5) is 0 Å². The maximum absolute atomic E-state index is 12.7. The van der Waals surface area contributed by atoms with Crippen molar-refractivity contribution in [1.82, 2.24) is 4.89 Å².